The Kier molecular flexibility index (Phi) is 4.49. The Morgan fingerprint density at radius 2 is 2.17 bits per heavy atom. The van der Waals surface area contributed by atoms with E-state index in [0.29, 0.717) is 6.42 Å². The summed E-state index contributed by atoms with van der Waals surface area (Å²) in [5, 5.41) is 17.7. The maximum Gasteiger partial charge on any atom is 0.329 e. The summed E-state index contributed by atoms with van der Waals surface area (Å²) in [6.45, 7) is 3.06. The van der Waals surface area contributed by atoms with Gasteiger partial charge in [0.2, 0.25) is 0 Å². The van der Waals surface area contributed by atoms with Crippen LogP contribution in [0, 0.1) is 0 Å². The fourth-order valence-corrected chi connectivity index (χ4v) is 1.37. The maximum atomic E-state index is 12.0. The molecule has 0 aliphatic rings. The van der Waals surface area contributed by atoms with Crippen molar-refractivity contribution in [2.45, 2.75) is 25.8 Å². The second-order valence-corrected chi connectivity index (χ2v) is 4.34. The normalized spacial score (nSPS) is 11.3. The molecular weight excluding hydrogens is 238 g/mol. The number of aliphatic carboxylic acids is 1. The molecule has 0 fully saturated rings. The van der Waals surface area contributed by atoms with Gasteiger partial charge in [-0.15, -0.1) is 0 Å². The zero-order valence-corrected chi connectivity index (χ0v) is 10.4. The van der Waals surface area contributed by atoms with Gasteiger partial charge in [0.25, 0.3) is 5.56 Å². The van der Waals surface area contributed by atoms with Crippen LogP contribution in [0.3, 0.4) is 0 Å². The SMILES string of the molecule is CC(C)(C(=O)O)n1cccc(OCCCO)c1=O. The number of aliphatic hydroxyl groups excluding tert-OH is 1. The summed E-state index contributed by atoms with van der Waals surface area (Å²) >= 11 is 0. The first-order valence-electron chi connectivity index (χ1n) is 5.60. The van der Waals surface area contributed by atoms with Gasteiger partial charge < -0.3 is 14.9 Å². The van der Waals surface area contributed by atoms with Crippen molar-refractivity contribution in [2.75, 3.05) is 13.2 Å². The molecule has 0 spiro atoms. The van der Waals surface area contributed by atoms with E-state index in [4.69, 9.17) is 14.9 Å². The summed E-state index contributed by atoms with van der Waals surface area (Å²) in [7, 11) is 0. The van der Waals surface area contributed by atoms with Crippen molar-refractivity contribution in [3.63, 3.8) is 0 Å². The van der Waals surface area contributed by atoms with Gasteiger partial charge in [-0.25, -0.2) is 4.79 Å². The van der Waals surface area contributed by atoms with Crippen molar-refractivity contribution in [1.82, 2.24) is 4.57 Å². The quantitative estimate of drug-likeness (QED) is 0.719. The van der Waals surface area contributed by atoms with E-state index in [2.05, 4.69) is 0 Å². The number of rotatable bonds is 6. The Labute approximate surface area is 104 Å². The summed E-state index contributed by atoms with van der Waals surface area (Å²) in [5.41, 5.74) is -1.84. The Hall–Kier alpha value is -1.82. The van der Waals surface area contributed by atoms with Gasteiger partial charge in [0.1, 0.15) is 5.54 Å². The summed E-state index contributed by atoms with van der Waals surface area (Å²) in [6.07, 6.45) is 1.83. The molecule has 6 heteroatoms. The van der Waals surface area contributed by atoms with Crippen LogP contribution in [0.4, 0.5) is 0 Å². The van der Waals surface area contributed by atoms with Gasteiger partial charge >= 0.3 is 5.97 Å². The van der Waals surface area contributed by atoms with Crippen LogP contribution >= 0.6 is 0 Å². The van der Waals surface area contributed by atoms with Crippen LogP contribution in [0.2, 0.25) is 0 Å². The first kappa shape index (κ1) is 14.2. The highest BCUT2D eigenvalue weighted by Crippen LogP contribution is 2.14. The molecule has 0 aromatic carbocycles. The summed E-state index contributed by atoms with van der Waals surface area (Å²) in [5.74, 6) is -1.02. The van der Waals surface area contributed by atoms with E-state index in [1.54, 1.807) is 6.07 Å². The summed E-state index contributed by atoms with van der Waals surface area (Å²) in [4.78, 5) is 23.1. The number of carboxylic acid groups (broad SMARTS) is 1. The largest absolute Gasteiger partial charge is 0.488 e. The lowest BCUT2D eigenvalue weighted by atomic mass is 10.1. The highest BCUT2D eigenvalue weighted by Gasteiger charge is 2.30. The number of aromatic nitrogens is 1. The molecular formula is C12H17NO5. The van der Waals surface area contributed by atoms with Crippen molar-refractivity contribution >= 4 is 5.97 Å². The van der Waals surface area contributed by atoms with Crippen LogP contribution in [0.15, 0.2) is 23.1 Å². The lowest BCUT2D eigenvalue weighted by molar-refractivity contribution is -0.145. The van der Waals surface area contributed by atoms with Gasteiger partial charge in [0.05, 0.1) is 6.61 Å². The average Bonchev–Trinajstić information content (AvgIpc) is 2.31. The number of hydrogen-bond acceptors (Lipinski definition) is 4. The standard InChI is InChI=1S/C12H17NO5/c1-12(2,11(16)17)13-6-3-5-9(10(13)15)18-8-4-7-14/h3,5-6,14H,4,7-8H2,1-2H3,(H,16,17). The highest BCUT2D eigenvalue weighted by atomic mass is 16.5. The molecule has 6 nitrogen and oxygen atoms in total. The first-order chi connectivity index (χ1) is 8.41. The molecule has 1 aromatic rings. The van der Waals surface area contributed by atoms with Crippen LogP contribution in [-0.2, 0) is 10.3 Å². The molecule has 0 bridgehead atoms. The van der Waals surface area contributed by atoms with E-state index in [1.807, 2.05) is 0 Å². The van der Waals surface area contributed by atoms with Crippen LogP contribution in [0.5, 0.6) is 5.75 Å². The minimum Gasteiger partial charge on any atom is -0.488 e. The third-order valence-corrected chi connectivity index (χ3v) is 2.60. The van der Waals surface area contributed by atoms with E-state index in [1.165, 1.54) is 26.1 Å². The molecule has 0 atom stereocenters. The molecule has 100 valence electrons. The lowest BCUT2D eigenvalue weighted by Crippen LogP contribution is -2.42. The Bertz CT molecular complexity index is 478. The second kappa shape index (κ2) is 5.68. The van der Waals surface area contributed by atoms with Gasteiger partial charge in [0, 0.05) is 19.2 Å². The smallest absolute Gasteiger partial charge is 0.329 e. The Balaban J connectivity index is 3.06. The van der Waals surface area contributed by atoms with Crippen molar-refractivity contribution in [3.8, 4) is 5.75 Å². The number of carbonyl (C=O) groups is 1. The number of nitrogens with zero attached hydrogens (tertiary/aromatic N) is 1. The predicted octanol–water partition coefficient (Wildman–Crippen LogP) is 0.429. The van der Waals surface area contributed by atoms with E-state index >= 15 is 0 Å². The second-order valence-electron chi connectivity index (χ2n) is 4.34. The third-order valence-electron chi connectivity index (χ3n) is 2.60. The first-order valence-corrected chi connectivity index (χ1v) is 5.60. The average molecular weight is 255 g/mol. The third kappa shape index (κ3) is 2.89. The lowest BCUT2D eigenvalue weighted by Gasteiger charge is -2.22. The molecule has 0 radical (unpaired) electrons. The van der Waals surface area contributed by atoms with Gasteiger partial charge in [-0.2, -0.15) is 0 Å². The van der Waals surface area contributed by atoms with Crippen LogP contribution < -0.4 is 10.3 Å². The number of ether oxygens (including phenoxy) is 1. The van der Waals surface area contributed by atoms with Gasteiger partial charge in [0.15, 0.2) is 5.75 Å². The van der Waals surface area contributed by atoms with Gasteiger partial charge in [-0.3, -0.25) is 9.36 Å². The zero-order valence-electron chi connectivity index (χ0n) is 10.4. The van der Waals surface area contributed by atoms with Crippen LogP contribution in [0.1, 0.15) is 20.3 Å². The molecule has 2 N–H and O–H groups in total. The van der Waals surface area contributed by atoms with Gasteiger partial charge in [-0.1, -0.05) is 0 Å². The monoisotopic (exact) mass is 255 g/mol. The molecule has 0 unspecified atom stereocenters. The Morgan fingerprint density at radius 1 is 1.50 bits per heavy atom. The topological polar surface area (TPSA) is 88.8 Å². The summed E-state index contributed by atoms with van der Waals surface area (Å²) in [6, 6.07) is 3.04. The fraction of sp³-hybridized carbons (Fsp3) is 0.500. The molecule has 0 amide bonds. The predicted molar refractivity (Wildman–Crippen MR) is 64.9 cm³/mol. The number of aliphatic hydroxyl groups is 1. The molecule has 1 aromatic heterocycles. The van der Waals surface area contributed by atoms with E-state index < -0.39 is 17.1 Å². The number of hydrogen-bond donors (Lipinski definition) is 2. The highest BCUT2D eigenvalue weighted by molar-refractivity contribution is 5.75. The maximum absolute atomic E-state index is 12.0. The molecule has 18 heavy (non-hydrogen) atoms. The van der Waals surface area contributed by atoms with Crippen molar-refractivity contribution < 1.29 is 19.7 Å². The molecule has 1 rings (SSSR count). The summed E-state index contributed by atoms with van der Waals surface area (Å²) < 4.78 is 6.32. The molecule has 0 aliphatic heterocycles. The van der Waals surface area contributed by atoms with Gasteiger partial charge in [-0.05, 0) is 26.0 Å². The van der Waals surface area contributed by atoms with E-state index in [-0.39, 0.29) is 19.0 Å². The molecule has 0 aliphatic carbocycles. The fourth-order valence-electron chi connectivity index (χ4n) is 1.37. The number of carboxylic acids is 1. The minimum absolute atomic E-state index is 0.0261. The van der Waals surface area contributed by atoms with Crippen molar-refractivity contribution in [2.24, 2.45) is 0 Å². The van der Waals surface area contributed by atoms with Crippen molar-refractivity contribution in [3.05, 3.63) is 28.7 Å². The van der Waals surface area contributed by atoms with Crippen LogP contribution in [0.25, 0.3) is 0 Å². The molecule has 0 saturated carbocycles. The molecule has 1 heterocycles. The number of pyridine rings is 1. The Morgan fingerprint density at radius 3 is 2.72 bits per heavy atom. The van der Waals surface area contributed by atoms with E-state index in [0.717, 1.165) is 4.57 Å². The van der Waals surface area contributed by atoms with Crippen LogP contribution in [-0.4, -0.2) is 34.0 Å². The minimum atomic E-state index is -1.34. The van der Waals surface area contributed by atoms with E-state index in [9.17, 15) is 9.59 Å². The molecule has 0 saturated heterocycles. The zero-order chi connectivity index (χ0) is 13.8. The van der Waals surface area contributed by atoms with Crippen molar-refractivity contribution in [1.29, 1.82) is 0 Å².